The van der Waals surface area contributed by atoms with Gasteiger partial charge in [0.05, 0.1) is 15.6 Å². The molecule has 5 nitrogen and oxygen atoms in total. The summed E-state index contributed by atoms with van der Waals surface area (Å²) >= 11 is 11.9. The molecular weight excluding hydrogens is 265 g/mol. The quantitative estimate of drug-likeness (QED) is 0.739. The van der Waals surface area contributed by atoms with Crippen LogP contribution in [-0.2, 0) is 9.59 Å². The molecule has 3 N–H and O–H groups in total. The molecule has 0 aliphatic carbocycles. The number of halogens is 2. The van der Waals surface area contributed by atoms with Gasteiger partial charge in [-0.2, -0.15) is 4.99 Å². The molecule has 7 heteroatoms. The molecule has 17 heavy (non-hydrogen) atoms. The van der Waals surface area contributed by atoms with Crippen molar-refractivity contribution in [3.8, 4) is 0 Å². The average molecular weight is 272 g/mol. The highest BCUT2D eigenvalue weighted by Crippen LogP contribution is 2.25. The van der Waals surface area contributed by atoms with Gasteiger partial charge in [0.1, 0.15) is 5.84 Å². The normalized spacial score (nSPS) is 19.9. The van der Waals surface area contributed by atoms with Crippen LogP contribution >= 0.6 is 23.2 Å². The Labute approximate surface area is 107 Å². The highest BCUT2D eigenvalue weighted by Gasteiger charge is 2.30. The summed E-state index contributed by atoms with van der Waals surface area (Å²) in [6.07, 6.45) is 0. The first kappa shape index (κ1) is 12.0. The summed E-state index contributed by atoms with van der Waals surface area (Å²) in [5, 5.41) is 2.97. The number of nitrogens with two attached hydrogens (primary N) is 1. The van der Waals surface area contributed by atoms with E-state index >= 15 is 0 Å². The topological polar surface area (TPSA) is 84.6 Å². The van der Waals surface area contributed by atoms with E-state index in [-0.39, 0.29) is 5.84 Å². The molecular formula is C10H7Cl2N3O2. The van der Waals surface area contributed by atoms with E-state index < -0.39 is 17.9 Å². The molecule has 1 aliphatic rings. The number of aliphatic imine (C=N–C) groups is 1. The van der Waals surface area contributed by atoms with Gasteiger partial charge < -0.3 is 11.1 Å². The maximum Gasteiger partial charge on any atom is 0.274 e. The molecule has 0 saturated heterocycles. The molecule has 88 valence electrons. The average Bonchev–Trinajstić information content (AvgIpc) is 2.25. The van der Waals surface area contributed by atoms with Crippen LogP contribution in [0.1, 0.15) is 5.56 Å². The smallest absolute Gasteiger partial charge is 0.274 e. The lowest BCUT2D eigenvalue weighted by molar-refractivity contribution is -0.129. The van der Waals surface area contributed by atoms with Crippen LogP contribution in [0.2, 0.25) is 10.0 Å². The van der Waals surface area contributed by atoms with Crippen molar-refractivity contribution in [2.24, 2.45) is 10.7 Å². The summed E-state index contributed by atoms with van der Waals surface area (Å²) in [7, 11) is 0. The van der Waals surface area contributed by atoms with Crippen LogP contribution in [0.4, 0.5) is 0 Å². The number of hydrogen-bond donors (Lipinski definition) is 2. The van der Waals surface area contributed by atoms with Gasteiger partial charge >= 0.3 is 0 Å². The number of nitrogens with zero attached hydrogens (tertiary/aromatic N) is 1. The number of amidine groups is 1. The minimum absolute atomic E-state index is 0.0253. The third kappa shape index (κ3) is 2.17. The Bertz CT molecular complexity index is 522. The van der Waals surface area contributed by atoms with Gasteiger partial charge in [-0.15, -0.1) is 0 Å². The van der Waals surface area contributed by atoms with E-state index in [1.54, 1.807) is 18.2 Å². The second-order valence-corrected chi connectivity index (χ2v) is 4.18. The predicted molar refractivity (Wildman–Crippen MR) is 64.1 cm³/mol. The summed E-state index contributed by atoms with van der Waals surface area (Å²) in [6.45, 7) is 0. The standard InChI is InChI=1S/C10H7Cl2N3O2/c11-4-2-1-3-5(12)6(4)8-14-9(16)7(13)10(17)15-8/h1-3,7H,13H2,(H,14,15,16,17). The van der Waals surface area contributed by atoms with Crippen molar-refractivity contribution in [2.45, 2.75) is 6.04 Å². The fourth-order valence-electron chi connectivity index (χ4n) is 1.36. The van der Waals surface area contributed by atoms with Crippen molar-refractivity contribution in [3.63, 3.8) is 0 Å². The summed E-state index contributed by atoms with van der Waals surface area (Å²) in [6, 6.07) is 3.53. The second-order valence-electron chi connectivity index (χ2n) is 3.36. The van der Waals surface area contributed by atoms with Gasteiger partial charge in [-0.05, 0) is 12.1 Å². The number of carbonyl (C=O) groups excluding carboxylic acids is 2. The predicted octanol–water partition coefficient (Wildman–Crippen LogP) is 0.724. The fourth-order valence-corrected chi connectivity index (χ4v) is 1.93. The van der Waals surface area contributed by atoms with Gasteiger partial charge in [0.15, 0.2) is 6.04 Å². The maximum atomic E-state index is 11.4. The van der Waals surface area contributed by atoms with Crippen molar-refractivity contribution in [1.82, 2.24) is 5.32 Å². The first-order valence-corrected chi connectivity index (χ1v) is 5.39. The van der Waals surface area contributed by atoms with E-state index in [4.69, 9.17) is 28.9 Å². The van der Waals surface area contributed by atoms with E-state index in [0.717, 1.165) is 0 Å². The fraction of sp³-hybridized carbons (Fsp3) is 0.100. The highest BCUT2D eigenvalue weighted by molar-refractivity contribution is 6.41. The number of benzene rings is 1. The second kappa shape index (κ2) is 4.44. The molecule has 0 radical (unpaired) electrons. The minimum Gasteiger partial charge on any atom is -0.312 e. The van der Waals surface area contributed by atoms with Crippen molar-refractivity contribution < 1.29 is 9.59 Å². The Morgan fingerprint density at radius 2 is 1.82 bits per heavy atom. The summed E-state index contributed by atoms with van der Waals surface area (Å²) in [5.74, 6) is -1.33. The first-order valence-electron chi connectivity index (χ1n) is 4.64. The Hall–Kier alpha value is -1.43. The first-order chi connectivity index (χ1) is 8.00. The Balaban J connectivity index is 2.52. The molecule has 0 spiro atoms. The SMILES string of the molecule is NC1C(=O)N=C(c2c(Cl)cccc2Cl)NC1=O. The highest BCUT2D eigenvalue weighted by atomic mass is 35.5. The zero-order valence-electron chi connectivity index (χ0n) is 8.41. The van der Waals surface area contributed by atoms with Gasteiger partial charge in [-0.25, -0.2) is 0 Å². The monoisotopic (exact) mass is 271 g/mol. The van der Waals surface area contributed by atoms with Crippen molar-refractivity contribution in [1.29, 1.82) is 0 Å². The third-order valence-corrected chi connectivity index (χ3v) is 2.84. The zero-order valence-corrected chi connectivity index (χ0v) is 9.92. The Kier molecular flexibility index (Phi) is 3.15. The van der Waals surface area contributed by atoms with E-state index in [1.165, 1.54) is 0 Å². The van der Waals surface area contributed by atoms with Crippen LogP contribution in [0.3, 0.4) is 0 Å². The van der Waals surface area contributed by atoms with Gasteiger partial charge in [0.2, 0.25) is 0 Å². The summed E-state index contributed by atoms with van der Waals surface area (Å²) in [4.78, 5) is 26.4. The van der Waals surface area contributed by atoms with E-state index in [0.29, 0.717) is 15.6 Å². The van der Waals surface area contributed by atoms with Crippen LogP contribution in [0.15, 0.2) is 23.2 Å². The summed E-state index contributed by atoms with van der Waals surface area (Å²) < 4.78 is 0. The molecule has 1 atom stereocenters. The molecule has 1 heterocycles. The Morgan fingerprint density at radius 1 is 1.24 bits per heavy atom. The van der Waals surface area contributed by atoms with Crippen LogP contribution in [0, 0.1) is 0 Å². The van der Waals surface area contributed by atoms with Crippen molar-refractivity contribution in [2.75, 3.05) is 0 Å². The largest absolute Gasteiger partial charge is 0.312 e. The van der Waals surface area contributed by atoms with Crippen LogP contribution < -0.4 is 11.1 Å². The number of amides is 2. The zero-order chi connectivity index (χ0) is 12.6. The van der Waals surface area contributed by atoms with E-state index in [1.807, 2.05) is 0 Å². The van der Waals surface area contributed by atoms with Crippen LogP contribution in [0.5, 0.6) is 0 Å². The number of rotatable bonds is 1. The molecule has 0 bridgehead atoms. The molecule has 1 aromatic rings. The van der Waals surface area contributed by atoms with Crippen LogP contribution in [-0.4, -0.2) is 23.7 Å². The third-order valence-electron chi connectivity index (χ3n) is 2.21. The van der Waals surface area contributed by atoms with Gasteiger partial charge in [-0.3, -0.25) is 9.59 Å². The molecule has 0 aromatic heterocycles. The van der Waals surface area contributed by atoms with E-state index in [9.17, 15) is 9.59 Å². The van der Waals surface area contributed by atoms with E-state index in [2.05, 4.69) is 10.3 Å². The van der Waals surface area contributed by atoms with Crippen molar-refractivity contribution in [3.05, 3.63) is 33.8 Å². The molecule has 1 aliphatic heterocycles. The molecule has 1 unspecified atom stereocenters. The van der Waals surface area contributed by atoms with Gasteiger partial charge in [0, 0.05) is 0 Å². The number of hydrogen-bond acceptors (Lipinski definition) is 3. The number of nitrogens with one attached hydrogen (secondary N) is 1. The number of carbonyl (C=O) groups is 2. The Morgan fingerprint density at radius 3 is 2.35 bits per heavy atom. The van der Waals surface area contributed by atoms with Crippen molar-refractivity contribution >= 4 is 40.9 Å². The molecule has 0 saturated carbocycles. The minimum atomic E-state index is -1.28. The molecule has 1 aromatic carbocycles. The lowest BCUT2D eigenvalue weighted by Crippen LogP contribution is -2.52. The molecule has 2 amide bonds. The molecule has 0 fully saturated rings. The van der Waals surface area contributed by atoms with Crippen LogP contribution in [0.25, 0.3) is 0 Å². The lowest BCUT2D eigenvalue weighted by Gasteiger charge is -2.18. The van der Waals surface area contributed by atoms with Gasteiger partial charge in [-0.1, -0.05) is 29.3 Å². The summed E-state index contributed by atoms with van der Waals surface area (Å²) in [5.41, 5.74) is 5.61. The maximum absolute atomic E-state index is 11.4. The van der Waals surface area contributed by atoms with Gasteiger partial charge in [0.25, 0.3) is 11.8 Å². The lowest BCUT2D eigenvalue weighted by atomic mass is 10.1. The molecule has 2 rings (SSSR count).